The minimum Gasteiger partial charge on any atom is -0.383 e. The second-order valence-corrected chi connectivity index (χ2v) is 8.57. The monoisotopic (exact) mass is 395 g/mol. The van der Waals surface area contributed by atoms with E-state index >= 15 is 0 Å². The molecule has 1 amide bonds. The molecule has 1 aliphatic rings. The molecule has 0 radical (unpaired) electrons. The first-order valence-corrected chi connectivity index (χ1v) is 10.8. The Labute approximate surface area is 161 Å². The van der Waals surface area contributed by atoms with Crippen molar-refractivity contribution in [2.45, 2.75) is 57.3 Å². The summed E-state index contributed by atoms with van der Waals surface area (Å²) in [4.78, 5) is 32.0. The molecule has 2 aromatic rings. The average Bonchev–Trinajstić information content (AvgIpc) is 3.19. The fraction of sp³-hybridized carbons (Fsp3) is 0.611. The Morgan fingerprint density at radius 3 is 3.00 bits per heavy atom. The van der Waals surface area contributed by atoms with Crippen LogP contribution < -0.4 is 10.9 Å². The van der Waals surface area contributed by atoms with Crippen LogP contribution >= 0.6 is 23.1 Å². The first kappa shape index (κ1) is 19.4. The van der Waals surface area contributed by atoms with Gasteiger partial charge in [0.2, 0.25) is 5.91 Å². The molecule has 3 rings (SSSR count). The van der Waals surface area contributed by atoms with Gasteiger partial charge in [0.25, 0.3) is 5.56 Å². The highest BCUT2D eigenvalue weighted by molar-refractivity contribution is 7.99. The second-order valence-electron chi connectivity index (χ2n) is 6.55. The second kappa shape index (κ2) is 8.54. The normalized spacial score (nSPS) is 14.6. The summed E-state index contributed by atoms with van der Waals surface area (Å²) in [6, 6.07) is 0.148. The fourth-order valence-electron chi connectivity index (χ4n) is 3.10. The Morgan fingerprint density at radius 1 is 1.46 bits per heavy atom. The zero-order valence-corrected chi connectivity index (χ0v) is 17.1. The van der Waals surface area contributed by atoms with E-state index in [9.17, 15) is 9.59 Å². The molecule has 0 unspecified atom stereocenters. The van der Waals surface area contributed by atoms with E-state index in [-0.39, 0.29) is 23.3 Å². The predicted octanol–water partition coefficient (Wildman–Crippen LogP) is 2.60. The van der Waals surface area contributed by atoms with Crippen LogP contribution in [0.15, 0.2) is 9.95 Å². The average molecular weight is 396 g/mol. The van der Waals surface area contributed by atoms with Crippen LogP contribution in [0, 0.1) is 0 Å². The summed E-state index contributed by atoms with van der Waals surface area (Å²) >= 11 is 2.94. The maximum absolute atomic E-state index is 13.1. The molecule has 6 nitrogen and oxygen atoms in total. The van der Waals surface area contributed by atoms with Crippen molar-refractivity contribution in [1.29, 1.82) is 0 Å². The van der Waals surface area contributed by atoms with Crippen molar-refractivity contribution in [3.63, 3.8) is 0 Å². The first-order chi connectivity index (χ1) is 12.5. The molecule has 0 aromatic carbocycles. The van der Waals surface area contributed by atoms with Gasteiger partial charge >= 0.3 is 0 Å². The molecule has 0 saturated carbocycles. The summed E-state index contributed by atoms with van der Waals surface area (Å²) in [5.41, 5.74) is 1.18. The van der Waals surface area contributed by atoms with Crippen LogP contribution in [-0.4, -0.2) is 41.0 Å². The summed E-state index contributed by atoms with van der Waals surface area (Å²) in [6.45, 7) is 4.89. The van der Waals surface area contributed by atoms with E-state index in [0.29, 0.717) is 18.3 Å². The van der Waals surface area contributed by atoms with Crippen molar-refractivity contribution in [3.8, 4) is 0 Å². The lowest BCUT2D eigenvalue weighted by molar-refractivity contribution is -0.119. The van der Waals surface area contributed by atoms with Gasteiger partial charge in [-0.25, -0.2) is 4.98 Å². The van der Waals surface area contributed by atoms with Crippen LogP contribution in [0.3, 0.4) is 0 Å². The number of nitrogens with zero attached hydrogens (tertiary/aromatic N) is 2. The number of aryl methyl sites for hydroxylation is 2. The van der Waals surface area contributed by atoms with Gasteiger partial charge in [-0.05, 0) is 38.2 Å². The highest BCUT2D eigenvalue weighted by atomic mass is 32.2. The number of hydrogen-bond acceptors (Lipinski definition) is 6. The first-order valence-electron chi connectivity index (χ1n) is 9.01. The summed E-state index contributed by atoms with van der Waals surface area (Å²) < 4.78 is 6.83. The van der Waals surface area contributed by atoms with E-state index in [2.05, 4.69) is 5.32 Å². The van der Waals surface area contributed by atoms with E-state index in [1.165, 1.54) is 22.2 Å². The van der Waals surface area contributed by atoms with Gasteiger partial charge < -0.3 is 10.1 Å². The van der Waals surface area contributed by atoms with E-state index in [4.69, 9.17) is 9.72 Å². The number of aromatic nitrogens is 2. The van der Waals surface area contributed by atoms with E-state index in [1.807, 2.05) is 13.8 Å². The molecule has 26 heavy (non-hydrogen) atoms. The Hall–Kier alpha value is -1.38. The zero-order valence-electron chi connectivity index (χ0n) is 15.5. The van der Waals surface area contributed by atoms with Crippen molar-refractivity contribution < 1.29 is 9.53 Å². The molecule has 2 heterocycles. The largest absolute Gasteiger partial charge is 0.383 e. The Bertz CT molecular complexity index is 859. The lowest BCUT2D eigenvalue weighted by Crippen LogP contribution is -2.33. The number of hydrogen-bond donors (Lipinski definition) is 1. The molecule has 1 N–H and O–H groups in total. The van der Waals surface area contributed by atoms with Gasteiger partial charge in [0.1, 0.15) is 4.83 Å². The topological polar surface area (TPSA) is 73.2 Å². The molecule has 1 aliphatic carbocycles. The molecular weight excluding hydrogens is 370 g/mol. The summed E-state index contributed by atoms with van der Waals surface area (Å²) in [5, 5.41) is 4.32. The van der Waals surface area contributed by atoms with Gasteiger partial charge in [-0.15, -0.1) is 11.3 Å². The molecule has 1 atom stereocenters. The summed E-state index contributed by atoms with van der Waals surface area (Å²) in [6.07, 6.45) is 3.99. The van der Waals surface area contributed by atoms with Gasteiger partial charge in [-0.1, -0.05) is 18.7 Å². The molecule has 142 valence electrons. The lowest BCUT2D eigenvalue weighted by Gasteiger charge is -2.13. The molecule has 8 heteroatoms. The molecule has 0 aliphatic heterocycles. The highest BCUT2D eigenvalue weighted by Gasteiger charge is 2.23. The number of rotatable bonds is 8. The molecule has 0 saturated heterocycles. The van der Waals surface area contributed by atoms with E-state index in [1.54, 1.807) is 23.0 Å². The smallest absolute Gasteiger partial charge is 0.263 e. The van der Waals surface area contributed by atoms with Gasteiger partial charge in [0.15, 0.2) is 5.16 Å². The number of carbonyl (C=O) groups excluding carboxylic acids is 1. The Morgan fingerprint density at radius 2 is 2.27 bits per heavy atom. The van der Waals surface area contributed by atoms with Crippen LogP contribution in [-0.2, 0) is 28.9 Å². The number of carbonyl (C=O) groups is 1. The predicted molar refractivity (Wildman–Crippen MR) is 106 cm³/mol. The number of ether oxygens (including phenoxy) is 1. The van der Waals surface area contributed by atoms with Gasteiger partial charge in [-0.2, -0.15) is 0 Å². The maximum atomic E-state index is 13.1. The molecule has 0 fully saturated rings. The van der Waals surface area contributed by atoms with Crippen molar-refractivity contribution in [1.82, 2.24) is 14.9 Å². The number of methoxy groups -OCH3 is 1. The number of fused-ring (bicyclic) bond motifs is 3. The van der Waals surface area contributed by atoms with Gasteiger partial charge in [0.05, 0.1) is 24.3 Å². The molecular formula is C18H25N3O3S2. The third kappa shape index (κ3) is 3.97. The Balaban J connectivity index is 1.90. The number of thiophene rings is 1. The van der Waals surface area contributed by atoms with Crippen LogP contribution in [0.5, 0.6) is 0 Å². The number of nitrogens with one attached hydrogen (secondary N) is 1. The van der Waals surface area contributed by atoms with Crippen molar-refractivity contribution in [2.24, 2.45) is 0 Å². The SMILES string of the molecule is CC[C@H](C)NC(=O)CSc1nc2sc3c(c2c(=O)n1CCOC)CCC3. The number of amides is 1. The van der Waals surface area contributed by atoms with Crippen molar-refractivity contribution in [3.05, 3.63) is 20.8 Å². The summed E-state index contributed by atoms with van der Waals surface area (Å²) in [5.74, 6) is 0.214. The van der Waals surface area contributed by atoms with Gasteiger partial charge in [-0.3, -0.25) is 14.2 Å². The van der Waals surface area contributed by atoms with E-state index < -0.39 is 0 Å². The number of thioether (sulfide) groups is 1. The van der Waals surface area contributed by atoms with Crippen LogP contribution in [0.2, 0.25) is 0 Å². The van der Waals surface area contributed by atoms with Crippen LogP contribution in [0.25, 0.3) is 10.2 Å². The minimum atomic E-state index is -0.0364. The minimum absolute atomic E-state index is 0.00344. The van der Waals surface area contributed by atoms with Crippen LogP contribution in [0.1, 0.15) is 37.1 Å². The van der Waals surface area contributed by atoms with Gasteiger partial charge in [0, 0.05) is 18.0 Å². The fourth-order valence-corrected chi connectivity index (χ4v) is 5.24. The molecule has 0 spiro atoms. The van der Waals surface area contributed by atoms with Crippen molar-refractivity contribution >= 4 is 39.2 Å². The molecule has 0 bridgehead atoms. The van der Waals surface area contributed by atoms with Crippen LogP contribution in [0.4, 0.5) is 0 Å². The third-order valence-electron chi connectivity index (χ3n) is 4.66. The Kier molecular flexibility index (Phi) is 6.37. The quantitative estimate of drug-likeness (QED) is 0.549. The van der Waals surface area contributed by atoms with Crippen molar-refractivity contribution in [2.75, 3.05) is 19.5 Å². The summed E-state index contributed by atoms with van der Waals surface area (Å²) in [7, 11) is 1.62. The molecule has 2 aromatic heterocycles. The lowest BCUT2D eigenvalue weighted by atomic mass is 10.2. The maximum Gasteiger partial charge on any atom is 0.263 e. The standard InChI is InChI=1S/C18H25N3O3S2/c1-4-11(2)19-14(22)10-25-18-20-16-15(12-6-5-7-13(12)26-16)17(23)21(18)8-9-24-3/h11H,4-10H2,1-3H3,(H,19,22)/t11-/m0/s1. The zero-order chi connectivity index (χ0) is 18.7. The highest BCUT2D eigenvalue weighted by Crippen LogP contribution is 2.35. The third-order valence-corrected chi connectivity index (χ3v) is 6.82. The van der Waals surface area contributed by atoms with E-state index in [0.717, 1.165) is 35.9 Å².